The quantitative estimate of drug-likeness (QED) is 0.768. The van der Waals surface area contributed by atoms with Crippen LogP contribution in [0.25, 0.3) is 0 Å². The molecule has 148 valence electrons. The van der Waals surface area contributed by atoms with Crippen molar-refractivity contribution < 1.29 is 4.79 Å². The highest BCUT2D eigenvalue weighted by molar-refractivity contribution is 6.30. The van der Waals surface area contributed by atoms with E-state index < -0.39 is 5.54 Å². The standard InChI is InChI=1S/C19H28ClN3O.2ClH/c1-14-5-6-16(20)11-17(14)23-10-7-15(13-23)12-22-18(24)19(21)8-3-2-4-9-19;;/h5-6,11,15H,2-4,7-10,12-13,21H2,1H3,(H,22,24);2*1H. The molecule has 1 unspecified atom stereocenters. The Balaban J connectivity index is 0.00000169. The normalized spacial score (nSPS) is 21.5. The van der Waals surface area contributed by atoms with Crippen LogP contribution in [0.15, 0.2) is 18.2 Å². The van der Waals surface area contributed by atoms with E-state index in [1.165, 1.54) is 17.7 Å². The number of nitrogens with two attached hydrogens (primary N) is 1. The molecule has 1 aliphatic carbocycles. The van der Waals surface area contributed by atoms with Gasteiger partial charge in [-0.05, 0) is 49.8 Å². The van der Waals surface area contributed by atoms with Crippen molar-refractivity contribution in [1.82, 2.24) is 5.32 Å². The van der Waals surface area contributed by atoms with Gasteiger partial charge in [0.1, 0.15) is 0 Å². The average molecular weight is 423 g/mol. The first kappa shape index (κ1) is 23.4. The van der Waals surface area contributed by atoms with Crippen molar-refractivity contribution in [1.29, 1.82) is 0 Å². The molecule has 4 nitrogen and oxygen atoms in total. The summed E-state index contributed by atoms with van der Waals surface area (Å²) in [5.74, 6) is 0.513. The van der Waals surface area contributed by atoms with Crippen LogP contribution in [-0.4, -0.2) is 31.1 Å². The van der Waals surface area contributed by atoms with Crippen molar-refractivity contribution in [3.63, 3.8) is 0 Å². The molecule has 1 amide bonds. The molecule has 3 rings (SSSR count). The Kier molecular flexibility index (Phi) is 9.01. The summed E-state index contributed by atoms with van der Waals surface area (Å²) in [4.78, 5) is 14.8. The van der Waals surface area contributed by atoms with Crippen LogP contribution < -0.4 is 16.0 Å². The molecule has 7 heteroatoms. The van der Waals surface area contributed by atoms with Crippen molar-refractivity contribution in [2.75, 3.05) is 24.5 Å². The third-order valence-electron chi connectivity index (χ3n) is 5.55. The molecule has 2 aliphatic rings. The van der Waals surface area contributed by atoms with Gasteiger partial charge < -0.3 is 16.0 Å². The lowest BCUT2D eigenvalue weighted by atomic mass is 9.82. The lowest BCUT2D eigenvalue weighted by Gasteiger charge is -2.32. The van der Waals surface area contributed by atoms with Gasteiger partial charge in [-0.1, -0.05) is 36.9 Å². The van der Waals surface area contributed by atoms with Gasteiger partial charge in [-0.2, -0.15) is 0 Å². The van der Waals surface area contributed by atoms with Crippen LogP contribution in [-0.2, 0) is 4.79 Å². The molecule has 1 saturated heterocycles. The lowest BCUT2D eigenvalue weighted by molar-refractivity contribution is -0.127. The van der Waals surface area contributed by atoms with Crippen molar-refractivity contribution in [2.24, 2.45) is 11.7 Å². The number of hydrogen-bond donors (Lipinski definition) is 2. The fourth-order valence-electron chi connectivity index (χ4n) is 3.96. The third kappa shape index (κ3) is 5.41. The van der Waals surface area contributed by atoms with E-state index in [9.17, 15) is 4.79 Å². The molecular weight excluding hydrogens is 393 g/mol. The second-order valence-electron chi connectivity index (χ2n) is 7.46. The van der Waals surface area contributed by atoms with Gasteiger partial charge in [-0.3, -0.25) is 4.79 Å². The SMILES string of the molecule is Cc1ccc(Cl)cc1N1CCC(CNC(=O)C2(N)CCCCC2)C1.Cl.Cl. The fourth-order valence-corrected chi connectivity index (χ4v) is 4.13. The molecule has 1 aromatic rings. The largest absolute Gasteiger partial charge is 0.371 e. The average Bonchev–Trinajstić information content (AvgIpc) is 3.04. The maximum Gasteiger partial charge on any atom is 0.240 e. The van der Waals surface area contributed by atoms with Crippen molar-refractivity contribution in [3.05, 3.63) is 28.8 Å². The molecule has 0 spiro atoms. The van der Waals surface area contributed by atoms with Crippen molar-refractivity contribution in [3.8, 4) is 0 Å². The summed E-state index contributed by atoms with van der Waals surface area (Å²) in [5, 5.41) is 3.89. The Morgan fingerprint density at radius 2 is 2.00 bits per heavy atom. The predicted octanol–water partition coefficient (Wildman–Crippen LogP) is 4.10. The summed E-state index contributed by atoms with van der Waals surface area (Å²) < 4.78 is 0. The van der Waals surface area contributed by atoms with E-state index in [1.54, 1.807) is 0 Å². The Bertz CT molecular complexity index is 606. The van der Waals surface area contributed by atoms with Crippen LogP contribution in [0.1, 0.15) is 44.1 Å². The number of anilines is 1. The van der Waals surface area contributed by atoms with Gasteiger partial charge >= 0.3 is 0 Å². The summed E-state index contributed by atoms with van der Waals surface area (Å²) >= 11 is 6.14. The second-order valence-corrected chi connectivity index (χ2v) is 7.89. The summed E-state index contributed by atoms with van der Waals surface area (Å²) in [6, 6.07) is 6.03. The van der Waals surface area contributed by atoms with E-state index in [4.69, 9.17) is 17.3 Å². The second kappa shape index (κ2) is 10.0. The Hall–Kier alpha value is -0.680. The molecule has 0 bridgehead atoms. The lowest BCUT2D eigenvalue weighted by Crippen LogP contribution is -2.55. The number of amides is 1. The first-order chi connectivity index (χ1) is 11.5. The smallest absolute Gasteiger partial charge is 0.240 e. The van der Waals surface area contributed by atoms with E-state index in [1.807, 2.05) is 12.1 Å². The van der Waals surface area contributed by atoms with Crippen LogP contribution in [0.3, 0.4) is 0 Å². The molecule has 2 fully saturated rings. The summed E-state index contributed by atoms with van der Waals surface area (Å²) in [5.41, 5.74) is 8.12. The molecular formula is C19H30Cl3N3O. The molecule has 1 saturated carbocycles. The van der Waals surface area contributed by atoms with E-state index in [0.29, 0.717) is 12.5 Å². The van der Waals surface area contributed by atoms with Crippen LogP contribution >= 0.6 is 36.4 Å². The zero-order valence-electron chi connectivity index (χ0n) is 15.3. The van der Waals surface area contributed by atoms with Gasteiger partial charge in [-0.25, -0.2) is 0 Å². The van der Waals surface area contributed by atoms with Gasteiger partial charge in [0.25, 0.3) is 0 Å². The molecule has 1 heterocycles. The van der Waals surface area contributed by atoms with Crippen molar-refractivity contribution in [2.45, 2.75) is 51.0 Å². The number of hydrogen-bond acceptors (Lipinski definition) is 3. The first-order valence-electron chi connectivity index (χ1n) is 9.06. The number of nitrogens with one attached hydrogen (secondary N) is 1. The Morgan fingerprint density at radius 3 is 2.69 bits per heavy atom. The molecule has 3 N–H and O–H groups in total. The Labute approximate surface area is 174 Å². The number of halogens is 3. The molecule has 0 aromatic heterocycles. The van der Waals surface area contributed by atoms with Crippen molar-refractivity contribution >= 4 is 48.0 Å². The number of carbonyl (C=O) groups excluding carboxylic acids is 1. The number of nitrogens with zero attached hydrogens (tertiary/aromatic N) is 1. The van der Waals surface area contributed by atoms with Gasteiger partial charge in [0.2, 0.25) is 5.91 Å². The van der Waals surface area contributed by atoms with E-state index in [2.05, 4.69) is 23.2 Å². The minimum Gasteiger partial charge on any atom is -0.371 e. The van der Waals surface area contributed by atoms with Crippen LogP contribution in [0.2, 0.25) is 5.02 Å². The van der Waals surface area contributed by atoms with Gasteiger partial charge in [0.05, 0.1) is 5.54 Å². The topological polar surface area (TPSA) is 58.4 Å². The highest BCUT2D eigenvalue weighted by Crippen LogP contribution is 2.30. The molecule has 1 aromatic carbocycles. The maximum absolute atomic E-state index is 12.5. The summed E-state index contributed by atoms with van der Waals surface area (Å²) in [7, 11) is 0. The van der Waals surface area contributed by atoms with Gasteiger partial charge in [0, 0.05) is 30.3 Å². The van der Waals surface area contributed by atoms with E-state index >= 15 is 0 Å². The molecule has 1 aliphatic heterocycles. The third-order valence-corrected chi connectivity index (χ3v) is 5.78. The molecule has 1 atom stereocenters. The number of benzene rings is 1. The first-order valence-corrected chi connectivity index (χ1v) is 9.44. The number of carbonyl (C=O) groups is 1. The zero-order chi connectivity index (χ0) is 17.2. The van der Waals surface area contributed by atoms with Crippen LogP contribution in [0.5, 0.6) is 0 Å². The Morgan fingerprint density at radius 1 is 1.31 bits per heavy atom. The summed E-state index contributed by atoms with van der Waals surface area (Å²) in [6.07, 6.45) is 6.05. The number of rotatable bonds is 4. The molecule has 0 radical (unpaired) electrons. The highest BCUT2D eigenvalue weighted by atomic mass is 35.5. The van der Waals surface area contributed by atoms with Crippen LogP contribution in [0, 0.1) is 12.8 Å². The van der Waals surface area contributed by atoms with E-state index in [-0.39, 0.29) is 30.7 Å². The zero-order valence-corrected chi connectivity index (χ0v) is 17.7. The van der Waals surface area contributed by atoms with E-state index in [0.717, 1.165) is 50.2 Å². The fraction of sp³-hybridized carbons (Fsp3) is 0.632. The van der Waals surface area contributed by atoms with Crippen LogP contribution in [0.4, 0.5) is 5.69 Å². The minimum absolute atomic E-state index is 0. The predicted molar refractivity (Wildman–Crippen MR) is 114 cm³/mol. The van der Waals surface area contributed by atoms with Gasteiger partial charge in [-0.15, -0.1) is 24.8 Å². The summed E-state index contributed by atoms with van der Waals surface area (Å²) in [6.45, 7) is 4.80. The monoisotopic (exact) mass is 421 g/mol. The number of aryl methyl sites for hydroxylation is 1. The minimum atomic E-state index is -0.639. The highest BCUT2D eigenvalue weighted by Gasteiger charge is 2.35. The molecule has 26 heavy (non-hydrogen) atoms. The maximum atomic E-state index is 12.5. The van der Waals surface area contributed by atoms with Gasteiger partial charge in [0.15, 0.2) is 0 Å².